The van der Waals surface area contributed by atoms with Gasteiger partial charge in [0.05, 0.1) is 11.3 Å². The van der Waals surface area contributed by atoms with E-state index in [1.165, 1.54) is 0 Å². The quantitative estimate of drug-likeness (QED) is 0.838. The monoisotopic (exact) mass is 272 g/mol. The van der Waals surface area contributed by atoms with Crippen LogP contribution in [0.5, 0.6) is 0 Å². The molecule has 2 rings (SSSR count). The van der Waals surface area contributed by atoms with Crippen LogP contribution in [0.2, 0.25) is 0 Å². The molecule has 106 valence electrons. The van der Waals surface area contributed by atoms with E-state index in [1.807, 2.05) is 46.0 Å². The van der Waals surface area contributed by atoms with Gasteiger partial charge in [0, 0.05) is 25.0 Å². The molecule has 0 atom stereocenters. The second kappa shape index (κ2) is 5.36. The molecule has 0 aliphatic rings. The van der Waals surface area contributed by atoms with Crippen molar-refractivity contribution in [1.82, 2.24) is 15.1 Å². The Hall–Kier alpha value is -2.30. The number of benzene rings is 1. The van der Waals surface area contributed by atoms with E-state index in [0.717, 1.165) is 28.2 Å². The molecule has 5 nitrogen and oxygen atoms in total. The number of hydrogen-bond donors (Lipinski definition) is 2. The fraction of sp³-hybridized carbons (Fsp3) is 0.333. The zero-order chi connectivity index (χ0) is 14.9. The number of rotatable bonds is 3. The maximum atomic E-state index is 12.3. The van der Waals surface area contributed by atoms with Gasteiger partial charge in [-0.3, -0.25) is 9.48 Å². The van der Waals surface area contributed by atoms with E-state index in [2.05, 4.69) is 10.4 Å². The van der Waals surface area contributed by atoms with Crippen molar-refractivity contribution < 1.29 is 4.79 Å². The Labute approximate surface area is 118 Å². The summed E-state index contributed by atoms with van der Waals surface area (Å²) in [6, 6.07) is 5.72. The Morgan fingerprint density at radius 3 is 2.65 bits per heavy atom. The Bertz CT molecular complexity index is 658. The number of carbonyl (C=O) groups is 1. The molecule has 1 aromatic carbocycles. The lowest BCUT2D eigenvalue weighted by Gasteiger charge is -2.10. The summed E-state index contributed by atoms with van der Waals surface area (Å²) in [7, 11) is 1.83. The molecular formula is C15H20N4O. The van der Waals surface area contributed by atoms with Gasteiger partial charge in [0.25, 0.3) is 5.91 Å². The van der Waals surface area contributed by atoms with E-state index in [1.54, 1.807) is 4.68 Å². The molecule has 0 fully saturated rings. The number of nitrogen functional groups attached to an aromatic ring is 1. The standard InChI is InChI=1S/C15H20N4O/c1-9-12(6-5-7-13(9)16)8-17-15(20)14-10(2)18-19(4)11(14)3/h5-7H,8,16H2,1-4H3,(H,17,20). The van der Waals surface area contributed by atoms with Crippen LogP contribution in [0.25, 0.3) is 0 Å². The molecule has 1 amide bonds. The van der Waals surface area contributed by atoms with Gasteiger partial charge < -0.3 is 11.1 Å². The van der Waals surface area contributed by atoms with Gasteiger partial charge in [0.2, 0.25) is 0 Å². The number of aryl methyl sites for hydroxylation is 2. The number of carbonyl (C=O) groups excluding carboxylic acids is 1. The van der Waals surface area contributed by atoms with Crippen molar-refractivity contribution in [2.45, 2.75) is 27.3 Å². The largest absolute Gasteiger partial charge is 0.399 e. The van der Waals surface area contributed by atoms with Crippen LogP contribution in [0.1, 0.15) is 32.9 Å². The van der Waals surface area contributed by atoms with Gasteiger partial charge in [0.1, 0.15) is 0 Å². The second-order valence-corrected chi connectivity index (χ2v) is 4.98. The predicted molar refractivity (Wildman–Crippen MR) is 79.4 cm³/mol. The highest BCUT2D eigenvalue weighted by atomic mass is 16.1. The van der Waals surface area contributed by atoms with Crippen LogP contribution in [0.3, 0.4) is 0 Å². The van der Waals surface area contributed by atoms with Crippen LogP contribution in [-0.4, -0.2) is 15.7 Å². The normalized spacial score (nSPS) is 10.6. The highest BCUT2D eigenvalue weighted by Gasteiger charge is 2.17. The third-order valence-corrected chi connectivity index (χ3v) is 3.66. The van der Waals surface area contributed by atoms with E-state index in [4.69, 9.17) is 5.73 Å². The number of aromatic nitrogens is 2. The van der Waals surface area contributed by atoms with Gasteiger partial charge >= 0.3 is 0 Å². The van der Waals surface area contributed by atoms with Crippen LogP contribution >= 0.6 is 0 Å². The molecule has 0 aliphatic heterocycles. The fourth-order valence-corrected chi connectivity index (χ4v) is 2.26. The first kappa shape index (κ1) is 14.1. The summed E-state index contributed by atoms with van der Waals surface area (Å²) in [5, 5.41) is 7.18. The van der Waals surface area contributed by atoms with Gasteiger partial charge in [-0.05, 0) is 38.0 Å². The Morgan fingerprint density at radius 2 is 2.05 bits per heavy atom. The maximum absolute atomic E-state index is 12.3. The zero-order valence-electron chi connectivity index (χ0n) is 12.3. The van der Waals surface area contributed by atoms with Crippen LogP contribution in [0.4, 0.5) is 5.69 Å². The number of hydrogen-bond acceptors (Lipinski definition) is 3. The van der Waals surface area contributed by atoms with Gasteiger partial charge in [0.15, 0.2) is 0 Å². The molecule has 2 aromatic rings. The summed E-state index contributed by atoms with van der Waals surface area (Å²) >= 11 is 0. The van der Waals surface area contributed by atoms with Crippen molar-refractivity contribution >= 4 is 11.6 Å². The molecule has 0 saturated carbocycles. The molecular weight excluding hydrogens is 252 g/mol. The molecule has 0 aliphatic carbocycles. The lowest BCUT2D eigenvalue weighted by Crippen LogP contribution is -2.24. The van der Waals surface area contributed by atoms with Gasteiger partial charge in [-0.1, -0.05) is 12.1 Å². The predicted octanol–water partition coefficient (Wildman–Crippen LogP) is 1.86. The summed E-state index contributed by atoms with van der Waals surface area (Å²) in [5.41, 5.74) is 10.9. The van der Waals surface area contributed by atoms with Crippen molar-refractivity contribution in [3.8, 4) is 0 Å². The summed E-state index contributed by atoms with van der Waals surface area (Å²) in [4.78, 5) is 12.3. The number of amides is 1. The Kier molecular flexibility index (Phi) is 3.79. The van der Waals surface area contributed by atoms with E-state index in [9.17, 15) is 4.79 Å². The molecule has 0 saturated heterocycles. The van der Waals surface area contributed by atoms with Crippen LogP contribution in [-0.2, 0) is 13.6 Å². The first-order chi connectivity index (χ1) is 9.41. The average Bonchev–Trinajstić information content (AvgIpc) is 2.65. The van der Waals surface area contributed by atoms with E-state index < -0.39 is 0 Å². The minimum atomic E-state index is -0.102. The van der Waals surface area contributed by atoms with Crippen LogP contribution in [0, 0.1) is 20.8 Å². The summed E-state index contributed by atoms with van der Waals surface area (Å²) in [6.07, 6.45) is 0. The molecule has 0 bridgehead atoms. The Morgan fingerprint density at radius 1 is 1.35 bits per heavy atom. The number of nitrogens with two attached hydrogens (primary N) is 1. The SMILES string of the molecule is Cc1nn(C)c(C)c1C(=O)NCc1cccc(N)c1C. The van der Waals surface area contributed by atoms with Crippen molar-refractivity contribution in [3.63, 3.8) is 0 Å². The third-order valence-electron chi connectivity index (χ3n) is 3.66. The zero-order valence-corrected chi connectivity index (χ0v) is 12.3. The minimum Gasteiger partial charge on any atom is -0.399 e. The number of anilines is 1. The van der Waals surface area contributed by atoms with Crippen molar-refractivity contribution in [3.05, 3.63) is 46.3 Å². The molecule has 1 aromatic heterocycles. The van der Waals surface area contributed by atoms with Gasteiger partial charge in [-0.15, -0.1) is 0 Å². The topological polar surface area (TPSA) is 72.9 Å². The van der Waals surface area contributed by atoms with Crippen LogP contribution in [0.15, 0.2) is 18.2 Å². The minimum absolute atomic E-state index is 0.102. The molecule has 1 heterocycles. The fourth-order valence-electron chi connectivity index (χ4n) is 2.26. The van der Waals surface area contributed by atoms with E-state index in [0.29, 0.717) is 12.1 Å². The summed E-state index contributed by atoms with van der Waals surface area (Å²) in [6.45, 7) is 6.15. The third kappa shape index (κ3) is 2.52. The lowest BCUT2D eigenvalue weighted by atomic mass is 10.1. The lowest BCUT2D eigenvalue weighted by molar-refractivity contribution is 0.0949. The second-order valence-electron chi connectivity index (χ2n) is 4.98. The maximum Gasteiger partial charge on any atom is 0.255 e. The summed E-state index contributed by atoms with van der Waals surface area (Å²) < 4.78 is 1.72. The van der Waals surface area contributed by atoms with Crippen molar-refractivity contribution in [2.75, 3.05) is 5.73 Å². The molecule has 20 heavy (non-hydrogen) atoms. The number of nitrogens with one attached hydrogen (secondary N) is 1. The van der Waals surface area contributed by atoms with Gasteiger partial charge in [-0.25, -0.2) is 0 Å². The average molecular weight is 272 g/mol. The van der Waals surface area contributed by atoms with E-state index in [-0.39, 0.29) is 5.91 Å². The highest BCUT2D eigenvalue weighted by molar-refractivity contribution is 5.96. The molecule has 5 heteroatoms. The molecule has 0 radical (unpaired) electrons. The molecule has 0 spiro atoms. The van der Waals surface area contributed by atoms with Gasteiger partial charge in [-0.2, -0.15) is 5.10 Å². The Balaban J connectivity index is 2.15. The van der Waals surface area contributed by atoms with Crippen molar-refractivity contribution in [2.24, 2.45) is 7.05 Å². The molecule has 0 unspecified atom stereocenters. The van der Waals surface area contributed by atoms with Crippen LogP contribution < -0.4 is 11.1 Å². The van der Waals surface area contributed by atoms with Crippen molar-refractivity contribution in [1.29, 1.82) is 0 Å². The smallest absolute Gasteiger partial charge is 0.255 e. The first-order valence-electron chi connectivity index (χ1n) is 6.54. The molecule has 3 N–H and O–H groups in total. The number of nitrogens with zero attached hydrogens (tertiary/aromatic N) is 2. The highest BCUT2D eigenvalue weighted by Crippen LogP contribution is 2.16. The summed E-state index contributed by atoms with van der Waals surface area (Å²) in [5.74, 6) is -0.102. The first-order valence-corrected chi connectivity index (χ1v) is 6.54. The van der Waals surface area contributed by atoms with E-state index >= 15 is 0 Å².